The Labute approximate surface area is 179 Å². The van der Waals surface area contributed by atoms with Gasteiger partial charge >= 0.3 is 0 Å². The lowest BCUT2D eigenvalue weighted by molar-refractivity contribution is -0.123. The predicted molar refractivity (Wildman–Crippen MR) is 115 cm³/mol. The molecule has 2 heterocycles. The molecule has 1 aliphatic carbocycles. The van der Waals surface area contributed by atoms with E-state index in [9.17, 15) is 9.59 Å². The monoisotopic (exact) mass is 421 g/mol. The van der Waals surface area contributed by atoms with E-state index in [-0.39, 0.29) is 30.3 Å². The Hall–Kier alpha value is -1.79. The number of para-hydroxylation sites is 1. The number of benzene rings is 1. The van der Waals surface area contributed by atoms with Crippen LogP contribution < -0.4 is 15.4 Å². The van der Waals surface area contributed by atoms with E-state index >= 15 is 0 Å². The number of hydrogen-bond acceptors (Lipinski definition) is 4. The molecule has 7 heteroatoms. The van der Waals surface area contributed by atoms with Crippen molar-refractivity contribution in [2.75, 3.05) is 32.8 Å². The maximum Gasteiger partial charge on any atom is 0.257 e. The Morgan fingerprint density at radius 3 is 2.69 bits per heavy atom. The van der Waals surface area contributed by atoms with Crippen LogP contribution in [0.25, 0.3) is 0 Å². The van der Waals surface area contributed by atoms with Gasteiger partial charge in [-0.3, -0.25) is 9.59 Å². The molecule has 1 aromatic rings. The van der Waals surface area contributed by atoms with E-state index in [0.29, 0.717) is 42.8 Å². The summed E-state index contributed by atoms with van der Waals surface area (Å²) in [5.41, 5.74) is 0.656. The third-order valence-corrected chi connectivity index (χ3v) is 6.04. The Bertz CT molecular complexity index is 704. The van der Waals surface area contributed by atoms with Gasteiger partial charge in [-0.15, -0.1) is 12.4 Å². The molecule has 0 bridgehead atoms. The first kappa shape index (κ1) is 21.9. The highest BCUT2D eigenvalue weighted by Gasteiger charge is 2.28. The average Bonchev–Trinajstić information content (AvgIpc) is 3.40. The second kappa shape index (κ2) is 10.3. The molecule has 2 amide bonds. The standard InChI is InChI=1S/C22H31N3O3.ClH/c26-21(19-7-3-11-23-19)24-13-17-5-4-12-25(14-17)22(27)18-6-1-2-8-20(18)28-15-16-9-10-16;/h1-2,6,8,16-17,19,23H,3-5,7,9-15H2,(H,24,26);1H. The van der Waals surface area contributed by atoms with Crippen molar-refractivity contribution >= 4 is 24.2 Å². The molecule has 2 saturated heterocycles. The summed E-state index contributed by atoms with van der Waals surface area (Å²) in [4.78, 5) is 27.3. The fourth-order valence-corrected chi connectivity index (χ4v) is 4.12. The summed E-state index contributed by atoms with van der Waals surface area (Å²) < 4.78 is 5.92. The van der Waals surface area contributed by atoms with Gasteiger partial charge in [0.25, 0.3) is 5.91 Å². The number of ether oxygens (including phenoxy) is 1. The lowest BCUT2D eigenvalue weighted by atomic mass is 9.97. The number of piperidine rings is 1. The molecule has 0 spiro atoms. The maximum atomic E-state index is 13.1. The molecule has 0 radical (unpaired) electrons. The fraction of sp³-hybridized carbons (Fsp3) is 0.636. The molecule has 29 heavy (non-hydrogen) atoms. The molecule has 3 fully saturated rings. The highest BCUT2D eigenvalue weighted by molar-refractivity contribution is 5.97. The molecule has 3 aliphatic rings. The van der Waals surface area contributed by atoms with Crippen molar-refractivity contribution in [3.63, 3.8) is 0 Å². The van der Waals surface area contributed by atoms with Gasteiger partial charge in [-0.1, -0.05) is 12.1 Å². The van der Waals surface area contributed by atoms with Crippen LogP contribution >= 0.6 is 12.4 Å². The summed E-state index contributed by atoms with van der Waals surface area (Å²) in [6.45, 7) is 3.72. The first-order valence-electron chi connectivity index (χ1n) is 10.7. The smallest absolute Gasteiger partial charge is 0.257 e. The van der Waals surface area contributed by atoms with Crippen LogP contribution in [0.3, 0.4) is 0 Å². The zero-order valence-corrected chi connectivity index (χ0v) is 17.7. The Kier molecular flexibility index (Phi) is 7.78. The fourth-order valence-electron chi connectivity index (χ4n) is 4.12. The van der Waals surface area contributed by atoms with Crippen molar-refractivity contribution in [3.05, 3.63) is 29.8 Å². The largest absolute Gasteiger partial charge is 0.492 e. The average molecular weight is 422 g/mol. The van der Waals surface area contributed by atoms with E-state index in [1.807, 2.05) is 29.2 Å². The molecule has 2 unspecified atom stereocenters. The van der Waals surface area contributed by atoms with Crippen LogP contribution in [0.5, 0.6) is 5.75 Å². The maximum absolute atomic E-state index is 13.1. The summed E-state index contributed by atoms with van der Waals surface area (Å²) >= 11 is 0. The van der Waals surface area contributed by atoms with Gasteiger partial charge in [0.2, 0.25) is 5.91 Å². The summed E-state index contributed by atoms with van der Waals surface area (Å²) in [5.74, 6) is 1.80. The molecular weight excluding hydrogens is 390 g/mol. The second-order valence-corrected chi connectivity index (χ2v) is 8.40. The molecule has 1 aromatic carbocycles. The summed E-state index contributed by atoms with van der Waals surface area (Å²) in [7, 11) is 0. The van der Waals surface area contributed by atoms with Crippen LogP contribution in [0.15, 0.2) is 24.3 Å². The number of carbonyl (C=O) groups is 2. The highest BCUT2D eigenvalue weighted by Crippen LogP contribution is 2.31. The SMILES string of the molecule is Cl.O=C(NCC1CCCN(C(=O)c2ccccc2OCC2CC2)C1)C1CCCN1. The van der Waals surface area contributed by atoms with Gasteiger partial charge in [-0.25, -0.2) is 0 Å². The predicted octanol–water partition coefficient (Wildman–Crippen LogP) is 2.62. The van der Waals surface area contributed by atoms with Gasteiger partial charge < -0.3 is 20.3 Å². The molecule has 1 saturated carbocycles. The summed E-state index contributed by atoms with van der Waals surface area (Å²) in [6.07, 6.45) is 6.45. The number of rotatable bonds is 7. The second-order valence-electron chi connectivity index (χ2n) is 8.40. The number of halogens is 1. The van der Waals surface area contributed by atoms with E-state index in [0.717, 1.165) is 38.8 Å². The van der Waals surface area contributed by atoms with Crippen LogP contribution in [0.1, 0.15) is 48.9 Å². The van der Waals surface area contributed by atoms with E-state index < -0.39 is 0 Å². The van der Waals surface area contributed by atoms with Gasteiger partial charge in [0, 0.05) is 19.6 Å². The molecule has 0 aromatic heterocycles. The van der Waals surface area contributed by atoms with Crippen molar-refractivity contribution in [2.45, 2.75) is 44.6 Å². The Balaban J connectivity index is 0.00000240. The zero-order chi connectivity index (χ0) is 19.3. The Morgan fingerprint density at radius 2 is 1.93 bits per heavy atom. The van der Waals surface area contributed by atoms with Crippen LogP contribution in [0, 0.1) is 11.8 Å². The molecule has 4 rings (SSSR count). The number of nitrogens with zero attached hydrogens (tertiary/aromatic N) is 1. The van der Waals surface area contributed by atoms with Gasteiger partial charge in [-0.2, -0.15) is 0 Å². The number of likely N-dealkylation sites (tertiary alicyclic amines) is 1. The first-order chi connectivity index (χ1) is 13.7. The minimum absolute atomic E-state index is 0. The zero-order valence-electron chi connectivity index (χ0n) is 16.9. The van der Waals surface area contributed by atoms with Crippen LogP contribution in [0.2, 0.25) is 0 Å². The quantitative estimate of drug-likeness (QED) is 0.710. The number of amides is 2. The van der Waals surface area contributed by atoms with Crippen molar-refractivity contribution in [1.82, 2.24) is 15.5 Å². The third kappa shape index (κ3) is 5.86. The van der Waals surface area contributed by atoms with Gasteiger partial charge in [0.1, 0.15) is 5.75 Å². The molecule has 6 nitrogen and oxygen atoms in total. The third-order valence-electron chi connectivity index (χ3n) is 6.04. The number of carbonyl (C=O) groups excluding carboxylic acids is 2. The number of hydrogen-bond donors (Lipinski definition) is 2. The van der Waals surface area contributed by atoms with Crippen LogP contribution in [0.4, 0.5) is 0 Å². The van der Waals surface area contributed by atoms with E-state index in [4.69, 9.17) is 4.74 Å². The van der Waals surface area contributed by atoms with Crippen LogP contribution in [-0.4, -0.2) is 55.5 Å². The summed E-state index contributed by atoms with van der Waals surface area (Å²) in [6, 6.07) is 7.53. The lowest BCUT2D eigenvalue weighted by Crippen LogP contribution is -2.46. The van der Waals surface area contributed by atoms with Crippen LogP contribution in [-0.2, 0) is 4.79 Å². The minimum atomic E-state index is -0.0446. The minimum Gasteiger partial charge on any atom is -0.492 e. The summed E-state index contributed by atoms with van der Waals surface area (Å²) in [5, 5.41) is 6.31. The topological polar surface area (TPSA) is 70.7 Å². The molecular formula is C22H32ClN3O3. The lowest BCUT2D eigenvalue weighted by Gasteiger charge is -2.33. The van der Waals surface area contributed by atoms with Gasteiger partial charge in [0.15, 0.2) is 0 Å². The molecule has 2 aliphatic heterocycles. The van der Waals surface area contributed by atoms with Crippen molar-refractivity contribution < 1.29 is 14.3 Å². The van der Waals surface area contributed by atoms with E-state index in [1.54, 1.807) is 0 Å². The van der Waals surface area contributed by atoms with Gasteiger partial charge in [0.05, 0.1) is 18.2 Å². The van der Waals surface area contributed by atoms with Crippen molar-refractivity contribution in [1.29, 1.82) is 0 Å². The van der Waals surface area contributed by atoms with Gasteiger partial charge in [-0.05, 0) is 69.0 Å². The molecule has 160 valence electrons. The van der Waals surface area contributed by atoms with Crippen molar-refractivity contribution in [2.24, 2.45) is 11.8 Å². The first-order valence-corrected chi connectivity index (χ1v) is 10.7. The Morgan fingerprint density at radius 1 is 1.10 bits per heavy atom. The number of nitrogens with one attached hydrogen (secondary N) is 2. The molecule has 2 atom stereocenters. The van der Waals surface area contributed by atoms with E-state index in [1.165, 1.54) is 12.8 Å². The van der Waals surface area contributed by atoms with E-state index in [2.05, 4.69) is 10.6 Å². The highest BCUT2D eigenvalue weighted by atomic mass is 35.5. The molecule has 2 N–H and O–H groups in total. The van der Waals surface area contributed by atoms with Crippen molar-refractivity contribution in [3.8, 4) is 5.75 Å². The normalized spacial score (nSPS) is 23.9.